The zero-order valence-electron chi connectivity index (χ0n) is 6.89. The SMILES string of the molecule is C#CC(C)CCOCCC. The Bertz CT molecular complexity index is 102. The normalized spacial score (nSPS) is 12.5. The molecule has 1 heteroatoms. The van der Waals surface area contributed by atoms with Gasteiger partial charge in [-0.15, -0.1) is 12.3 Å². The molecule has 0 bridgehead atoms. The molecule has 1 unspecified atom stereocenters. The van der Waals surface area contributed by atoms with E-state index in [9.17, 15) is 0 Å². The van der Waals surface area contributed by atoms with Gasteiger partial charge >= 0.3 is 0 Å². The Labute approximate surface area is 63.8 Å². The standard InChI is InChI=1S/C9H16O/c1-4-7-10-8-6-9(3)5-2/h2,9H,4,6-8H2,1,3H3. The molecule has 0 amide bonds. The summed E-state index contributed by atoms with van der Waals surface area (Å²) in [4.78, 5) is 0. The molecule has 0 fully saturated rings. The Balaban J connectivity index is 2.98. The van der Waals surface area contributed by atoms with Gasteiger partial charge in [0.2, 0.25) is 0 Å². The Morgan fingerprint density at radius 3 is 2.70 bits per heavy atom. The quantitative estimate of drug-likeness (QED) is 0.419. The van der Waals surface area contributed by atoms with Gasteiger partial charge in [0.15, 0.2) is 0 Å². The summed E-state index contributed by atoms with van der Waals surface area (Å²) < 4.78 is 5.26. The fraction of sp³-hybridized carbons (Fsp3) is 0.778. The summed E-state index contributed by atoms with van der Waals surface area (Å²) in [5, 5.41) is 0. The van der Waals surface area contributed by atoms with Gasteiger partial charge in [-0.1, -0.05) is 13.8 Å². The first-order valence-electron chi connectivity index (χ1n) is 3.85. The molecule has 1 nitrogen and oxygen atoms in total. The van der Waals surface area contributed by atoms with Gasteiger partial charge in [0.25, 0.3) is 0 Å². The van der Waals surface area contributed by atoms with Crippen LogP contribution in [0.4, 0.5) is 0 Å². The van der Waals surface area contributed by atoms with Gasteiger partial charge in [0.1, 0.15) is 0 Å². The smallest absolute Gasteiger partial charge is 0.0477 e. The number of rotatable bonds is 5. The molecule has 0 spiro atoms. The van der Waals surface area contributed by atoms with E-state index >= 15 is 0 Å². The average Bonchev–Trinajstić information content (AvgIpc) is 1.98. The van der Waals surface area contributed by atoms with Crippen molar-refractivity contribution in [2.75, 3.05) is 13.2 Å². The third kappa shape index (κ3) is 5.65. The molecule has 58 valence electrons. The first-order valence-corrected chi connectivity index (χ1v) is 3.85. The molecule has 0 saturated heterocycles. The minimum Gasteiger partial charge on any atom is -0.381 e. The van der Waals surface area contributed by atoms with Gasteiger partial charge in [0.05, 0.1) is 0 Å². The molecule has 0 N–H and O–H groups in total. The van der Waals surface area contributed by atoms with E-state index in [1.54, 1.807) is 0 Å². The van der Waals surface area contributed by atoms with Gasteiger partial charge in [-0.2, -0.15) is 0 Å². The molecular weight excluding hydrogens is 124 g/mol. The van der Waals surface area contributed by atoms with E-state index in [1.165, 1.54) is 0 Å². The molecule has 0 aromatic carbocycles. The summed E-state index contributed by atoms with van der Waals surface area (Å²) in [7, 11) is 0. The first-order chi connectivity index (χ1) is 4.81. The molecule has 0 aliphatic rings. The van der Waals surface area contributed by atoms with Crippen molar-refractivity contribution >= 4 is 0 Å². The summed E-state index contributed by atoms with van der Waals surface area (Å²) in [6.45, 7) is 5.80. The lowest BCUT2D eigenvalue weighted by Crippen LogP contribution is -2.00. The highest BCUT2D eigenvalue weighted by molar-refractivity contribution is 4.89. The zero-order valence-corrected chi connectivity index (χ0v) is 6.89. The van der Waals surface area contributed by atoms with Gasteiger partial charge in [-0.25, -0.2) is 0 Å². The van der Waals surface area contributed by atoms with Crippen molar-refractivity contribution in [2.24, 2.45) is 5.92 Å². The van der Waals surface area contributed by atoms with Crippen LogP contribution >= 0.6 is 0 Å². The van der Waals surface area contributed by atoms with Crippen LogP contribution in [-0.2, 0) is 4.74 Å². The van der Waals surface area contributed by atoms with Gasteiger partial charge < -0.3 is 4.74 Å². The van der Waals surface area contributed by atoms with Crippen LogP contribution in [0, 0.1) is 18.3 Å². The Kier molecular flexibility index (Phi) is 6.32. The highest BCUT2D eigenvalue weighted by Crippen LogP contribution is 1.98. The number of hydrogen-bond donors (Lipinski definition) is 0. The van der Waals surface area contributed by atoms with Gasteiger partial charge in [0, 0.05) is 19.1 Å². The van der Waals surface area contributed by atoms with Crippen molar-refractivity contribution in [2.45, 2.75) is 26.7 Å². The Morgan fingerprint density at radius 1 is 1.50 bits per heavy atom. The van der Waals surface area contributed by atoms with Gasteiger partial charge in [-0.3, -0.25) is 0 Å². The summed E-state index contributed by atoms with van der Waals surface area (Å²) in [5.41, 5.74) is 0. The third-order valence-corrected chi connectivity index (χ3v) is 1.33. The van der Waals surface area contributed by atoms with E-state index in [-0.39, 0.29) is 0 Å². The van der Waals surface area contributed by atoms with Crippen molar-refractivity contribution in [1.29, 1.82) is 0 Å². The second-order valence-corrected chi connectivity index (χ2v) is 2.47. The molecule has 0 heterocycles. The second-order valence-electron chi connectivity index (χ2n) is 2.47. The maximum Gasteiger partial charge on any atom is 0.0477 e. The maximum absolute atomic E-state index is 5.26. The van der Waals surface area contributed by atoms with Crippen molar-refractivity contribution in [1.82, 2.24) is 0 Å². The lowest BCUT2D eigenvalue weighted by molar-refractivity contribution is 0.127. The zero-order chi connectivity index (χ0) is 7.82. The molecule has 0 aromatic rings. The molecule has 0 aromatic heterocycles. The predicted octanol–water partition coefficient (Wildman–Crippen LogP) is 2.07. The molecule has 0 aliphatic heterocycles. The van der Waals surface area contributed by atoms with E-state index in [1.807, 2.05) is 6.92 Å². The summed E-state index contributed by atoms with van der Waals surface area (Å²) in [5.74, 6) is 3.02. The number of ether oxygens (including phenoxy) is 1. The molecule has 0 rings (SSSR count). The van der Waals surface area contributed by atoms with Crippen LogP contribution in [0.5, 0.6) is 0 Å². The topological polar surface area (TPSA) is 9.23 Å². The fourth-order valence-corrected chi connectivity index (χ4v) is 0.590. The van der Waals surface area contributed by atoms with Crippen molar-refractivity contribution in [3.05, 3.63) is 0 Å². The van der Waals surface area contributed by atoms with Crippen LogP contribution in [0.2, 0.25) is 0 Å². The average molecular weight is 140 g/mol. The van der Waals surface area contributed by atoms with Crippen LogP contribution in [0.25, 0.3) is 0 Å². The summed E-state index contributed by atoms with van der Waals surface area (Å²) >= 11 is 0. The highest BCUT2D eigenvalue weighted by atomic mass is 16.5. The molecule has 0 saturated carbocycles. The highest BCUT2D eigenvalue weighted by Gasteiger charge is 1.94. The summed E-state index contributed by atoms with van der Waals surface area (Å²) in [6.07, 6.45) is 7.25. The van der Waals surface area contributed by atoms with Crippen molar-refractivity contribution < 1.29 is 4.74 Å². The maximum atomic E-state index is 5.26. The molecule has 1 atom stereocenters. The van der Waals surface area contributed by atoms with Gasteiger partial charge in [-0.05, 0) is 12.8 Å². The minimum absolute atomic E-state index is 0.358. The van der Waals surface area contributed by atoms with Crippen LogP contribution < -0.4 is 0 Å². The third-order valence-electron chi connectivity index (χ3n) is 1.33. The fourth-order valence-electron chi connectivity index (χ4n) is 0.590. The number of terminal acetylenes is 1. The van der Waals surface area contributed by atoms with E-state index in [4.69, 9.17) is 11.2 Å². The molecule has 0 aliphatic carbocycles. The molecular formula is C9H16O. The Hall–Kier alpha value is -0.480. The minimum atomic E-state index is 0.358. The van der Waals surface area contributed by atoms with Crippen LogP contribution in [0.1, 0.15) is 26.7 Å². The largest absolute Gasteiger partial charge is 0.381 e. The molecule has 0 radical (unpaired) electrons. The van der Waals surface area contributed by atoms with E-state index in [2.05, 4.69) is 12.8 Å². The predicted molar refractivity (Wildman–Crippen MR) is 43.7 cm³/mol. The van der Waals surface area contributed by atoms with Crippen molar-refractivity contribution in [3.63, 3.8) is 0 Å². The lowest BCUT2D eigenvalue weighted by atomic mass is 10.1. The number of hydrogen-bond acceptors (Lipinski definition) is 1. The second kappa shape index (κ2) is 6.64. The summed E-state index contributed by atoms with van der Waals surface area (Å²) in [6, 6.07) is 0. The van der Waals surface area contributed by atoms with Crippen LogP contribution in [-0.4, -0.2) is 13.2 Å². The Morgan fingerprint density at radius 2 is 2.20 bits per heavy atom. The lowest BCUT2D eigenvalue weighted by Gasteiger charge is -2.03. The molecule has 10 heavy (non-hydrogen) atoms. The van der Waals surface area contributed by atoms with Crippen molar-refractivity contribution in [3.8, 4) is 12.3 Å². The van der Waals surface area contributed by atoms with Crippen LogP contribution in [0.15, 0.2) is 0 Å². The van der Waals surface area contributed by atoms with Crippen LogP contribution in [0.3, 0.4) is 0 Å². The van der Waals surface area contributed by atoms with E-state index in [0.29, 0.717) is 5.92 Å². The van der Waals surface area contributed by atoms with E-state index in [0.717, 1.165) is 26.1 Å². The monoisotopic (exact) mass is 140 g/mol. The first kappa shape index (κ1) is 9.52. The van der Waals surface area contributed by atoms with E-state index < -0.39 is 0 Å².